The normalized spacial score (nSPS) is 22.4. The standard InChI is InChI=1S/C15H23N3S/c1-10-9-18-12(11(2)17-14(18)19-10)8-16-13-6-5-7-15(13,3)4/h9,13,16H,5-8H2,1-4H3. The molecule has 3 rings (SSSR count). The number of nitrogens with one attached hydrogen (secondary N) is 1. The lowest BCUT2D eigenvalue weighted by Crippen LogP contribution is -2.37. The first-order valence-corrected chi connectivity index (χ1v) is 7.96. The summed E-state index contributed by atoms with van der Waals surface area (Å²) in [5.41, 5.74) is 2.92. The van der Waals surface area contributed by atoms with Crippen molar-refractivity contribution >= 4 is 16.3 Å². The smallest absolute Gasteiger partial charge is 0.194 e. The highest BCUT2D eigenvalue weighted by atomic mass is 32.1. The predicted molar refractivity (Wildman–Crippen MR) is 80.8 cm³/mol. The highest BCUT2D eigenvalue weighted by Crippen LogP contribution is 2.37. The summed E-state index contributed by atoms with van der Waals surface area (Å²) in [5, 5.41) is 3.76. The molecule has 0 bridgehead atoms. The summed E-state index contributed by atoms with van der Waals surface area (Å²) >= 11 is 1.77. The van der Waals surface area contributed by atoms with Gasteiger partial charge in [0.2, 0.25) is 0 Å². The number of nitrogens with zero attached hydrogens (tertiary/aromatic N) is 2. The molecule has 2 heterocycles. The zero-order chi connectivity index (χ0) is 13.6. The summed E-state index contributed by atoms with van der Waals surface area (Å²) in [6.45, 7) is 9.95. The van der Waals surface area contributed by atoms with Crippen LogP contribution < -0.4 is 5.32 Å². The van der Waals surface area contributed by atoms with E-state index in [1.54, 1.807) is 11.3 Å². The van der Waals surface area contributed by atoms with Crippen LogP contribution in [0.4, 0.5) is 0 Å². The highest BCUT2D eigenvalue weighted by Gasteiger charge is 2.34. The van der Waals surface area contributed by atoms with Crippen molar-refractivity contribution in [2.45, 2.75) is 59.5 Å². The Hall–Kier alpha value is -0.870. The van der Waals surface area contributed by atoms with Crippen molar-refractivity contribution in [2.75, 3.05) is 0 Å². The second-order valence-electron chi connectivity index (χ2n) is 6.45. The van der Waals surface area contributed by atoms with Gasteiger partial charge in [0.15, 0.2) is 4.96 Å². The molecule has 1 saturated carbocycles. The Morgan fingerprint density at radius 2 is 2.26 bits per heavy atom. The number of thiazole rings is 1. The Kier molecular flexibility index (Phi) is 3.18. The number of aryl methyl sites for hydroxylation is 2. The lowest BCUT2D eigenvalue weighted by Gasteiger charge is -2.28. The molecule has 0 saturated heterocycles. The lowest BCUT2D eigenvalue weighted by atomic mass is 9.87. The van der Waals surface area contributed by atoms with E-state index in [1.807, 2.05) is 0 Å². The highest BCUT2D eigenvalue weighted by molar-refractivity contribution is 7.17. The summed E-state index contributed by atoms with van der Waals surface area (Å²) in [6, 6.07) is 0.636. The van der Waals surface area contributed by atoms with Crippen LogP contribution in [0.15, 0.2) is 6.20 Å². The number of hydrogen-bond donors (Lipinski definition) is 1. The Bertz CT molecular complexity index is 594. The third-order valence-corrected chi connectivity index (χ3v) is 5.41. The van der Waals surface area contributed by atoms with Gasteiger partial charge in [0.1, 0.15) is 0 Å². The van der Waals surface area contributed by atoms with Gasteiger partial charge in [0.05, 0.1) is 11.4 Å². The maximum absolute atomic E-state index is 4.66. The van der Waals surface area contributed by atoms with Gasteiger partial charge in [-0.05, 0) is 32.1 Å². The number of imidazole rings is 1. The monoisotopic (exact) mass is 277 g/mol. The van der Waals surface area contributed by atoms with Crippen molar-refractivity contribution in [3.63, 3.8) is 0 Å². The quantitative estimate of drug-likeness (QED) is 0.927. The largest absolute Gasteiger partial charge is 0.308 e. The maximum atomic E-state index is 4.66. The average Bonchev–Trinajstić information content (AvgIpc) is 2.90. The Labute approximate surface area is 119 Å². The SMILES string of the molecule is Cc1cn2c(CNC3CCCC3(C)C)c(C)nc2s1. The Morgan fingerprint density at radius 1 is 1.47 bits per heavy atom. The van der Waals surface area contributed by atoms with E-state index in [2.05, 4.69) is 48.6 Å². The molecule has 4 heteroatoms. The molecule has 104 valence electrons. The molecule has 2 aromatic heterocycles. The topological polar surface area (TPSA) is 29.3 Å². The van der Waals surface area contributed by atoms with Gasteiger partial charge >= 0.3 is 0 Å². The minimum absolute atomic E-state index is 0.433. The van der Waals surface area contributed by atoms with Crippen LogP contribution in [-0.4, -0.2) is 15.4 Å². The fourth-order valence-electron chi connectivity index (χ4n) is 3.25. The van der Waals surface area contributed by atoms with Crippen molar-refractivity contribution in [2.24, 2.45) is 5.41 Å². The van der Waals surface area contributed by atoms with E-state index in [-0.39, 0.29) is 0 Å². The summed E-state index contributed by atoms with van der Waals surface area (Å²) in [5.74, 6) is 0. The molecule has 1 fully saturated rings. The average molecular weight is 277 g/mol. The van der Waals surface area contributed by atoms with Crippen molar-refractivity contribution in [3.8, 4) is 0 Å². The molecule has 1 aliphatic carbocycles. The van der Waals surface area contributed by atoms with Crippen LogP contribution in [0.5, 0.6) is 0 Å². The Balaban J connectivity index is 1.80. The van der Waals surface area contributed by atoms with E-state index < -0.39 is 0 Å². The van der Waals surface area contributed by atoms with Gasteiger partial charge in [-0.25, -0.2) is 4.98 Å². The second kappa shape index (κ2) is 4.60. The van der Waals surface area contributed by atoms with Crippen molar-refractivity contribution in [1.29, 1.82) is 0 Å². The molecular formula is C15H23N3S. The lowest BCUT2D eigenvalue weighted by molar-refractivity contribution is 0.281. The van der Waals surface area contributed by atoms with E-state index in [4.69, 9.17) is 0 Å². The molecule has 19 heavy (non-hydrogen) atoms. The van der Waals surface area contributed by atoms with Gasteiger partial charge in [-0.1, -0.05) is 20.3 Å². The number of fused-ring (bicyclic) bond motifs is 1. The van der Waals surface area contributed by atoms with Gasteiger partial charge < -0.3 is 5.32 Å². The molecular weight excluding hydrogens is 254 g/mol. The number of hydrogen-bond acceptors (Lipinski definition) is 3. The fraction of sp³-hybridized carbons (Fsp3) is 0.667. The molecule has 2 aromatic rings. The summed E-state index contributed by atoms with van der Waals surface area (Å²) in [6.07, 6.45) is 6.19. The first-order valence-electron chi connectivity index (χ1n) is 7.15. The van der Waals surface area contributed by atoms with Gasteiger partial charge in [0.25, 0.3) is 0 Å². The Morgan fingerprint density at radius 3 is 2.95 bits per heavy atom. The zero-order valence-electron chi connectivity index (χ0n) is 12.3. The van der Waals surface area contributed by atoms with Crippen LogP contribution in [0.2, 0.25) is 0 Å². The van der Waals surface area contributed by atoms with E-state index in [0.29, 0.717) is 11.5 Å². The molecule has 0 amide bonds. The van der Waals surface area contributed by atoms with Crippen LogP contribution in [-0.2, 0) is 6.54 Å². The van der Waals surface area contributed by atoms with Gasteiger partial charge in [-0.2, -0.15) is 0 Å². The van der Waals surface area contributed by atoms with Crippen molar-refractivity contribution in [3.05, 3.63) is 22.5 Å². The van der Waals surface area contributed by atoms with E-state index in [0.717, 1.165) is 17.2 Å². The third-order valence-electron chi connectivity index (χ3n) is 4.51. The molecule has 1 atom stereocenters. The molecule has 0 aromatic carbocycles. The molecule has 1 unspecified atom stereocenters. The van der Waals surface area contributed by atoms with Crippen molar-refractivity contribution < 1.29 is 0 Å². The number of aromatic nitrogens is 2. The second-order valence-corrected chi connectivity index (χ2v) is 7.67. The molecule has 3 nitrogen and oxygen atoms in total. The van der Waals surface area contributed by atoms with Crippen LogP contribution in [0, 0.1) is 19.3 Å². The summed E-state index contributed by atoms with van der Waals surface area (Å²) in [4.78, 5) is 7.10. The molecule has 0 aliphatic heterocycles. The van der Waals surface area contributed by atoms with E-state index in [9.17, 15) is 0 Å². The first kappa shape index (κ1) is 13.1. The van der Waals surface area contributed by atoms with Gasteiger partial charge in [-0.15, -0.1) is 11.3 Å². The molecule has 0 radical (unpaired) electrons. The third kappa shape index (κ3) is 2.32. The zero-order valence-corrected chi connectivity index (χ0v) is 13.1. The van der Waals surface area contributed by atoms with Crippen LogP contribution in [0.25, 0.3) is 4.96 Å². The first-order chi connectivity index (χ1) is 8.97. The summed E-state index contributed by atoms with van der Waals surface area (Å²) in [7, 11) is 0. The van der Waals surface area contributed by atoms with E-state index in [1.165, 1.54) is 29.8 Å². The van der Waals surface area contributed by atoms with Crippen LogP contribution in [0.1, 0.15) is 49.4 Å². The van der Waals surface area contributed by atoms with Gasteiger partial charge in [-0.3, -0.25) is 4.40 Å². The van der Waals surface area contributed by atoms with Crippen LogP contribution >= 0.6 is 11.3 Å². The maximum Gasteiger partial charge on any atom is 0.194 e. The molecule has 1 N–H and O–H groups in total. The number of rotatable bonds is 3. The molecule has 0 spiro atoms. The fourth-order valence-corrected chi connectivity index (χ4v) is 4.14. The van der Waals surface area contributed by atoms with E-state index >= 15 is 0 Å². The minimum atomic E-state index is 0.433. The predicted octanol–water partition coefficient (Wildman–Crippen LogP) is 3.68. The van der Waals surface area contributed by atoms with Gasteiger partial charge in [0, 0.05) is 23.7 Å². The molecule has 1 aliphatic rings. The summed E-state index contributed by atoms with van der Waals surface area (Å²) < 4.78 is 2.25. The van der Waals surface area contributed by atoms with Crippen LogP contribution in [0.3, 0.4) is 0 Å². The van der Waals surface area contributed by atoms with Crippen molar-refractivity contribution in [1.82, 2.24) is 14.7 Å². The minimum Gasteiger partial charge on any atom is -0.308 e.